The van der Waals surface area contributed by atoms with E-state index in [4.69, 9.17) is 0 Å². The molecule has 2 rings (SSSR count). The molecule has 2 aromatic carbocycles. The number of hydrogen-bond acceptors (Lipinski definition) is 2. The fourth-order valence-electron chi connectivity index (χ4n) is 1.91. The Kier molecular flexibility index (Phi) is 3.81. The number of nitrogens with zero attached hydrogens (tertiary/aromatic N) is 1. The van der Waals surface area contributed by atoms with Crippen LogP contribution in [0.4, 0.5) is 0 Å². The van der Waals surface area contributed by atoms with Gasteiger partial charge in [-0.25, -0.2) is 0 Å². The first kappa shape index (κ1) is 12.4. The van der Waals surface area contributed by atoms with E-state index in [0.717, 1.165) is 5.56 Å². The smallest absolute Gasteiger partial charge is 0.216 e. The Hall–Kier alpha value is -2.05. The molecule has 2 aromatic rings. The highest BCUT2D eigenvalue weighted by Crippen LogP contribution is 2.27. The third kappa shape index (κ3) is 2.44. The summed E-state index contributed by atoms with van der Waals surface area (Å²) in [6.07, 6.45) is 0. The molecule has 0 heterocycles. The molecular weight excluding hydrogens is 242 g/mol. The maximum Gasteiger partial charge on any atom is 0.216 e. The van der Waals surface area contributed by atoms with Crippen molar-refractivity contribution >= 4 is 17.7 Å². The van der Waals surface area contributed by atoms with Gasteiger partial charge in [0.15, 0.2) is 0 Å². The van der Waals surface area contributed by atoms with E-state index in [1.165, 1.54) is 0 Å². The lowest BCUT2D eigenvalue weighted by Gasteiger charge is -2.12. The molecule has 0 radical (unpaired) electrons. The summed E-state index contributed by atoms with van der Waals surface area (Å²) in [6.45, 7) is 0. The van der Waals surface area contributed by atoms with Crippen molar-refractivity contribution < 1.29 is 4.79 Å². The van der Waals surface area contributed by atoms with Gasteiger partial charge in [0, 0.05) is 5.56 Å². The van der Waals surface area contributed by atoms with E-state index in [1.54, 1.807) is 18.2 Å². The summed E-state index contributed by atoms with van der Waals surface area (Å²) >= 11 is 3.85. The van der Waals surface area contributed by atoms with Crippen molar-refractivity contribution in [1.29, 1.82) is 5.26 Å². The largest absolute Gasteiger partial charge is 0.282 e. The van der Waals surface area contributed by atoms with Gasteiger partial charge in [0.1, 0.15) is 0 Å². The van der Waals surface area contributed by atoms with Gasteiger partial charge in [0.2, 0.25) is 5.12 Å². The highest BCUT2D eigenvalue weighted by atomic mass is 32.1. The normalized spacial score (nSPS) is 11.6. The van der Waals surface area contributed by atoms with Crippen LogP contribution in [0.1, 0.15) is 27.4 Å². The summed E-state index contributed by atoms with van der Waals surface area (Å²) in [5, 5.41) is 9.04. The maximum absolute atomic E-state index is 11.5. The molecule has 0 bridgehead atoms. The molecule has 2 nitrogen and oxygen atoms in total. The van der Waals surface area contributed by atoms with Crippen molar-refractivity contribution in [3.63, 3.8) is 0 Å². The van der Waals surface area contributed by atoms with Gasteiger partial charge in [-0.1, -0.05) is 54.6 Å². The lowest BCUT2D eigenvalue weighted by molar-refractivity contribution is 0.109. The maximum atomic E-state index is 11.5. The first-order valence-corrected chi connectivity index (χ1v) is 5.95. The van der Waals surface area contributed by atoms with Gasteiger partial charge in [-0.3, -0.25) is 4.79 Å². The number of benzene rings is 2. The molecule has 0 fully saturated rings. The second kappa shape index (κ2) is 5.52. The molecule has 0 aromatic heterocycles. The Bertz CT molecular complexity index is 601. The van der Waals surface area contributed by atoms with E-state index >= 15 is 0 Å². The summed E-state index contributed by atoms with van der Waals surface area (Å²) < 4.78 is 0. The molecule has 0 spiro atoms. The Morgan fingerprint density at radius 3 is 2.28 bits per heavy atom. The van der Waals surface area contributed by atoms with E-state index in [0.29, 0.717) is 11.1 Å². The Balaban J connectivity index is 2.54. The van der Waals surface area contributed by atoms with Gasteiger partial charge in [-0.15, -0.1) is 12.6 Å². The fraction of sp³-hybridized carbons (Fsp3) is 0.0667. The zero-order valence-corrected chi connectivity index (χ0v) is 10.5. The van der Waals surface area contributed by atoms with Crippen LogP contribution in [0, 0.1) is 11.3 Å². The van der Waals surface area contributed by atoms with Crippen molar-refractivity contribution in [3.8, 4) is 6.07 Å². The fourth-order valence-corrected chi connectivity index (χ4v) is 2.12. The van der Waals surface area contributed by atoms with Crippen molar-refractivity contribution in [2.45, 2.75) is 5.92 Å². The van der Waals surface area contributed by atoms with Crippen LogP contribution in [0.3, 0.4) is 0 Å². The van der Waals surface area contributed by atoms with Crippen LogP contribution in [0.15, 0.2) is 54.6 Å². The van der Waals surface area contributed by atoms with Crippen LogP contribution in [0.2, 0.25) is 0 Å². The van der Waals surface area contributed by atoms with Crippen molar-refractivity contribution in [3.05, 3.63) is 71.3 Å². The predicted octanol–water partition coefficient (Wildman–Crippen LogP) is 3.41. The molecule has 0 saturated heterocycles. The van der Waals surface area contributed by atoms with Gasteiger partial charge >= 0.3 is 0 Å². The molecule has 0 aliphatic heterocycles. The monoisotopic (exact) mass is 253 g/mol. The number of carbonyl (C=O) groups is 1. The number of nitriles is 1. The minimum Gasteiger partial charge on any atom is -0.282 e. The third-order valence-corrected chi connectivity index (χ3v) is 3.01. The van der Waals surface area contributed by atoms with Crippen LogP contribution < -0.4 is 0 Å². The molecule has 3 heteroatoms. The second-order valence-corrected chi connectivity index (χ2v) is 4.27. The Labute approximate surface area is 111 Å². The van der Waals surface area contributed by atoms with Gasteiger partial charge in [-0.2, -0.15) is 5.26 Å². The lowest BCUT2D eigenvalue weighted by Crippen LogP contribution is -2.04. The van der Waals surface area contributed by atoms with E-state index in [1.807, 2.05) is 36.4 Å². The van der Waals surface area contributed by atoms with Gasteiger partial charge < -0.3 is 0 Å². The minimum atomic E-state index is -0.446. The molecular formula is C15H11NOS. The quantitative estimate of drug-likeness (QED) is 0.851. The number of rotatable bonds is 3. The summed E-state index contributed by atoms with van der Waals surface area (Å²) in [6, 6.07) is 18.7. The van der Waals surface area contributed by atoms with Crippen molar-refractivity contribution in [1.82, 2.24) is 0 Å². The molecule has 1 atom stereocenters. The first-order chi connectivity index (χ1) is 8.74. The molecule has 0 aliphatic rings. The lowest BCUT2D eigenvalue weighted by atomic mass is 9.89. The highest BCUT2D eigenvalue weighted by molar-refractivity contribution is 7.97. The first-order valence-electron chi connectivity index (χ1n) is 5.51. The van der Waals surface area contributed by atoms with Gasteiger partial charge in [0.25, 0.3) is 0 Å². The molecule has 0 amide bonds. The van der Waals surface area contributed by atoms with Crippen LogP contribution in [-0.2, 0) is 0 Å². The number of thiol groups is 1. The summed E-state index contributed by atoms with van der Waals surface area (Å²) in [5.41, 5.74) is 2.06. The van der Waals surface area contributed by atoms with Crippen LogP contribution >= 0.6 is 12.6 Å². The summed E-state index contributed by atoms with van der Waals surface area (Å²) in [4.78, 5) is 11.5. The van der Waals surface area contributed by atoms with Crippen molar-refractivity contribution in [2.24, 2.45) is 0 Å². The molecule has 18 heavy (non-hydrogen) atoms. The highest BCUT2D eigenvalue weighted by Gasteiger charge is 2.18. The molecule has 0 N–H and O–H groups in total. The third-order valence-electron chi connectivity index (χ3n) is 2.76. The predicted molar refractivity (Wildman–Crippen MR) is 73.7 cm³/mol. The van der Waals surface area contributed by atoms with E-state index < -0.39 is 5.92 Å². The zero-order chi connectivity index (χ0) is 13.0. The standard InChI is InChI=1S/C15H11NOS/c16-10-14(11-6-2-1-3-7-11)12-8-4-5-9-13(12)15(17)18/h1-9,14H,(H,17,18). The molecule has 1 unspecified atom stereocenters. The zero-order valence-electron chi connectivity index (χ0n) is 9.58. The number of hydrogen-bond donors (Lipinski definition) is 1. The van der Waals surface area contributed by atoms with Gasteiger partial charge in [-0.05, 0) is 11.1 Å². The molecule has 0 saturated carbocycles. The second-order valence-electron chi connectivity index (χ2n) is 3.87. The topological polar surface area (TPSA) is 40.9 Å². The van der Waals surface area contributed by atoms with Gasteiger partial charge in [0.05, 0.1) is 12.0 Å². The SMILES string of the molecule is N#CC(c1ccccc1)c1ccccc1C(=O)S. The number of carbonyl (C=O) groups excluding carboxylic acids is 1. The molecule has 0 aliphatic carbocycles. The average Bonchev–Trinajstić information content (AvgIpc) is 2.41. The van der Waals surface area contributed by atoms with Crippen LogP contribution in [0.25, 0.3) is 0 Å². The molecule has 88 valence electrons. The van der Waals surface area contributed by atoms with Crippen molar-refractivity contribution in [2.75, 3.05) is 0 Å². The van der Waals surface area contributed by atoms with E-state index in [-0.39, 0.29) is 5.12 Å². The van der Waals surface area contributed by atoms with E-state index in [2.05, 4.69) is 18.7 Å². The minimum absolute atomic E-state index is 0.318. The Morgan fingerprint density at radius 2 is 1.67 bits per heavy atom. The average molecular weight is 253 g/mol. The Morgan fingerprint density at radius 1 is 1.06 bits per heavy atom. The summed E-state index contributed by atoms with van der Waals surface area (Å²) in [5.74, 6) is -0.446. The van der Waals surface area contributed by atoms with Crippen LogP contribution in [0.5, 0.6) is 0 Å². The van der Waals surface area contributed by atoms with E-state index in [9.17, 15) is 10.1 Å². The summed E-state index contributed by atoms with van der Waals surface area (Å²) in [7, 11) is 0. The van der Waals surface area contributed by atoms with Crippen LogP contribution in [-0.4, -0.2) is 5.12 Å².